The summed E-state index contributed by atoms with van der Waals surface area (Å²) in [6.07, 6.45) is 0.259. The van der Waals surface area contributed by atoms with Crippen LogP contribution in [0.25, 0.3) is 0 Å². The van der Waals surface area contributed by atoms with Gasteiger partial charge in [-0.1, -0.05) is 13.0 Å². The van der Waals surface area contributed by atoms with E-state index in [1.54, 1.807) is 0 Å². The first-order valence-electron chi connectivity index (χ1n) is 5.80. The fourth-order valence-corrected chi connectivity index (χ4v) is 1.51. The molecule has 1 rings (SSSR count). The molecule has 0 aliphatic rings. The number of aliphatic hydroxyl groups is 1. The van der Waals surface area contributed by atoms with Crippen LogP contribution < -0.4 is 9.47 Å². The van der Waals surface area contributed by atoms with Crippen LogP contribution in [0.1, 0.15) is 38.9 Å². The topological polar surface area (TPSA) is 38.7 Å². The van der Waals surface area contributed by atoms with E-state index in [0.29, 0.717) is 25.4 Å². The Balaban J connectivity index is 2.96. The summed E-state index contributed by atoms with van der Waals surface area (Å²) in [6, 6.07) is 5.58. The van der Waals surface area contributed by atoms with Gasteiger partial charge < -0.3 is 14.6 Å². The van der Waals surface area contributed by atoms with Crippen LogP contribution in [0.2, 0.25) is 0 Å². The highest BCUT2D eigenvalue weighted by Crippen LogP contribution is 2.31. The molecule has 0 aliphatic carbocycles. The zero-order chi connectivity index (χ0) is 12.0. The summed E-state index contributed by atoms with van der Waals surface area (Å²) >= 11 is 0. The van der Waals surface area contributed by atoms with Crippen LogP contribution >= 0.6 is 0 Å². The van der Waals surface area contributed by atoms with Gasteiger partial charge in [0.2, 0.25) is 0 Å². The third-order valence-electron chi connectivity index (χ3n) is 2.34. The third kappa shape index (κ3) is 3.14. The molecule has 0 saturated carbocycles. The summed E-state index contributed by atoms with van der Waals surface area (Å²) < 4.78 is 10.9. The van der Waals surface area contributed by atoms with Gasteiger partial charge in [-0.2, -0.15) is 0 Å². The summed E-state index contributed by atoms with van der Waals surface area (Å²) in [5.74, 6) is 1.44. The average molecular weight is 224 g/mol. The van der Waals surface area contributed by atoms with Crippen molar-refractivity contribution in [1.82, 2.24) is 0 Å². The van der Waals surface area contributed by atoms with Crippen molar-refractivity contribution < 1.29 is 14.6 Å². The van der Waals surface area contributed by atoms with E-state index in [4.69, 9.17) is 9.47 Å². The van der Waals surface area contributed by atoms with Gasteiger partial charge in [0.1, 0.15) is 0 Å². The van der Waals surface area contributed by atoms with Crippen molar-refractivity contribution in [3.63, 3.8) is 0 Å². The molecule has 1 aromatic carbocycles. The molecule has 0 bridgehead atoms. The highest BCUT2D eigenvalue weighted by Gasteiger charge is 2.10. The molecule has 1 N–H and O–H groups in total. The van der Waals surface area contributed by atoms with Crippen molar-refractivity contribution in [1.29, 1.82) is 0 Å². The zero-order valence-corrected chi connectivity index (χ0v) is 10.2. The third-order valence-corrected chi connectivity index (χ3v) is 2.34. The maximum atomic E-state index is 9.75. The monoisotopic (exact) mass is 224 g/mol. The fraction of sp³-hybridized carbons (Fsp3) is 0.538. The minimum atomic E-state index is -0.435. The molecule has 0 aliphatic heterocycles. The summed E-state index contributed by atoms with van der Waals surface area (Å²) in [6.45, 7) is 7.01. The van der Waals surface area contributed by atoms with Gasteiger partial charge in [0.25, 0.3) is 0 Å². The Morgan fingerprint density at radius 3 is 2.25 bits per heavy atom. The van der Waals surface area contributed by atoms with Gasteiger partial charge in [-0.05, 0) is 38.0 Å². The summed E-state index contributed by atoms with van der Waals surface area (Å²) in [5, 5.41) is 9.75. The maximum absolute atomic E-state index is 9.75. The Labute approximate surface area is 97.0 Å². The van der Waals surface area contributed by atoms with Gasteiger partial charge in [-0.15, -0.1) is 0 Å². The Bertz CT molecular complexity index is 323. The molecule has 90 valence electrons. The van der Waals surface area contributed by atoms with E-state index in [-0.39, 0.29) is 0 Å². The predicted octanol–water partition coefficient (Wildman–Crippen LogP) is 2.93. The van der Waals surface area contributed by atoms with Crippen molar-refractivity contribution in [2.75, 3.05) is 13.2 Å². The van der Waals surface area contributed by atoms with Crippen LogP contribution in [0.3, 0.4) is 0 Å². The normalized spacial score (nSPS) is 12.2. The van der Waals surface area contributed by atoms with E-state index < -0.39 is 6.10 Å². The Morgan fingerprint density at radius 1 is 1.06 bits per heavy atom. The van der Waals surface area contributed by atoms with Crippen LogP contribution in [0.4, 0.5) is 0 Å². The standard InChI is InChI=1S/C13H20O3/c1-4-11(14)10-7-8-12(15-5-2)13(9-10)16-6-3/h7-9,11,14H,4-6H2,1-3H3/t11-/m1/s1. The lowest BCUT2D eigenvalue weighted by atomic mass is 10.1. The van der Waals surface area contributed by atoms with E-state index in [2.05, 4.69) is 0 Å². The van der Waals surface area contributed by atoms with Crippen molar-refractivity contribution in [2.24, 2.45) is 0 Å². The van der Waals surface area contributed by atoms with Crippen molar-refractivity contribution in [2.45, 2.75) is 33.3 Å². The summed E-state index contributed by atoms with van der Waals surface area (Å²) in [4.78, 5) is 0. The molecule has 16 heavy (non-hydrogen) atoms. The van der Waals surface area contributed by atoms with Crippen LogP contribution in [0.5, 0.6) is 11.5 Å². The van der Waals surface area contributed by atoms with E-state index in [1.807, 2.05) is 39.0 Å². The zero-order valence-electron chi connectivity index (χ0n) is 10.2. The number of aliphatic hydroxyl groups excluding tert-OH is 1. The van der Waals surface area contributed by atoms with Gasteiger partial charge in [-0.3, -0.25) is 0 Å². The Morgan fingerprint density at radius 2 is 1.69 bits per heavy atom. The van der Waals surface area contributed by atoms with Gasteiger partial charge >= 0.3 is 0 Å². The number of hydrogen-bond donors (Lipinski definition) is 1. The minimum absolute atomic E-state index is 0.435. The van der Waals surface area contributed by atoms with Gasteiger partial charge in [0.05, 0.1) is 19.3 Å². The van der Waals surface area contributed by atoms with Crippen LogP contribution in [-0.2, 0) is 0 Å². The first kappa shape index (κ1) is 12.8. The van der Waals surface area contributed by atoms with Gasteiger partial charge in [0, 0.05) is 0 Å². The van der Waals surface area contributed by atoms with Crippen LogP contribution in [-0.4, -0.2) is 18.3 Å². The van der Waals surface area contributed by atoms with Crippen molar-refractivity contribution >= 4 is 0 Å². The highest BCUT2D eigenvalue weighted by molar-refractivity contribution is 5.43. The summed E-state index contributed by atoms with van der Waals surface area (Å²) in [7, 11) is 0. The Hall–Kier alpha value is -1.22. The molecule has 0 fully saturated rings. The van der Waals surface area contributed by atoms with E-state index in [1.165, 1.54) is 0 Å². The predicted molar refractivity (Wildman–Crippen MR) is 64.0 cm³/mol. The highest BCUT2D eigenvalue weighted by atomic mass is 16.5. The van der Waals surface area contributed by atoms with Crippen molar-refractivity contribution in [3.8, 4) is 11.5 Å². The molecular formula is C13H20O3. The second-order valence-corrected chi connectivity index (χ2v) is 3.50. The second-order valence-electron chi connectivity index (χ2n) is 3.50. The van der Waals surface area contributed by atoms with Crippen LogP contribution in [0.15, 0.2) is 18.2 Å². The fourth-order valence-electron chi connectivity index (χ4n) is 1.51. The molecule has 3 nitrogen and oxygen atoms in total. The van der Waals surface area contributed by atoms with Crippen LogP contribution in [0, 0.1) is 0 Å². The lowest BCUT2D eigenvalue weighted by molar-refractivity contribution is 0.173. The molecular weight excluding hydrogens is 204 g/mol. The largest absolute Gasteiger partial charge is 0.490 e. The number of hydrogen-bond acceptors (Lipinski definition) is 3. The van der Waals surface area contributed by atoms with E-state index in [9.17, 15) is 5.11 Å². The molecule has 0 saturated heterocycles. The lowest BCUT2D eigenvalue weighted by Gasteiger charge is -2.14. The molecule has 3 heteroatoms. The van der Waals surface area contributed by atoms with Gasteiger partial charge in [-0.25, -0.2) is 0 Å². The molecule has 0 aromatic heterocycles. The summed E-state index contributed by atoms with van der Waals surface area (Å²) in [5.41, 5.74) is 0.870. The molecule has 0 unspecified atom stereocenters. The lowest BCUT2D eigenvalue weighted by Crippen LogP contribution is -2.01. The SMILES string of the molecule is CCOc1ccc([C@H](O)CC)cc1OCC. The molecule has 0 amide bonds. The molecule has 1 atom stereocenters. The molecule has 0 radical (unpaired) electrons. The molecule has 1 aromatic rings. The van der Waals surface area contributed by atoms with E-state index in [0.717, 1.165) is 11.3 Å². The van der Waals surface area contributed by atoms with Gasteiger partial charge in [0.15, 0.2) is 11.5 Å². The van der Waals surface area contributed by atoms with Crippen molar-refractivity contribution in [3.05, 3.63) is 23.8 Å². The quantitative estimate of drug-likeness (QED) is 0.807. The Kier molecular flexibility index (Phi) is 5.12. The average Bonchev–Trinajstić information content (AvgIpc) is 2.31. The molecule has 0 spiro atoms. The first-order valence-corrected chi connectivity index (χ1v) is 5.80. The minimum Gasteiger partial charge on any atom is -0.490 e. The number of rotatable bonds is 6. The van der Waals surface area contributed by atoms with E-state index >= 15 is 0 Å². The number of ether oxygens (including phenoxy) is 2. The smallest absolute Gasteiger partial charge is 0.161 e. The second kappa shape index (κ2) is 6.38. The molecule has 0 heterocycles. The maximum Gasteiger partial charge on any atom is 0.161 e. The number of benzene rings is 1. The first-order chi connectivity index (χ1) is 7.72.